The van der Waals surface area contributed by atoms with Crippen LogP contribution in [0.4, 0.5) is 4.39 Å². The third-order valence-corrected chi connectivity index (χ3v) is 2.53. The Hall–Kier alpha value is -0.600. The Morgan fingerprint density at radius 1 is 1.42 bits per heavy atom. The Morgan fingerprint density at radius 3 is 2.92 bits per heavy atom. The van der Waals surface area contributed by atoms with Crippen LogP contribution in [0.1, 0.15) is 11.1 Å². The molecule has 1 aliphatic carbocycles. The van der Waals surface area contributed by atoms with Crippen molar-refractivity contribution in [3.05, 3.63) is 34.1 Å². The minimum absolute atomic E-state index is 0.0629. The van der Waals surface area contributed by atoms with E-state index in [1.165, 1.54) is 0 Å². The molecule has 1 aromatic rings. The van der Waals surface area contributed by atoms with E-state index >= 15 is 0 Å². The van der Waals surface area contributed by atoms with Crippen molar-refractivity contribution in [3.63, 3.8) is 0 Å². The lowest BCUT2D eigenvalue weighted by Crippen LogP contribution is -2.19. The first-order valence-electron chi connectivity index (χ1n) is 3.90. The lowest BCUT2D eigenvalue weighted by molar-refractivity contribution is 0.607. The molecule has 0 saturated carbocycles. The molecule has 64 valence electrons. The van der Waals surface area contributed by atoms with E-state index in [1.807, 2.05) is 6.07 Å². The van der Waals surface area contributed by atoms with E-state index in [0.717, 1.165) is 12.0 Å². The van der Waals surface area contributed by atoms with Crippen LogP contribution in [-0.4, -0.2) is 6.04 Å². The van der Waals surface area contributed by atoms with Crippen molar-refractivity contribution in [2.45, 2.75) is 18.9 Å². The molecule has 0 aromatic heterocycles. The first kappa shape index (κ1) is 8.02. The second-order valence-corrected chi connectivity index (χ2v) is 3.57. The van der Waals surface area contributed by atoms with Gasteiger partial charge in [0.15, 0.2) is 0 Å². The smallest absolute Gasteiger partial charge is 0.145 e. The van der Waals surface area contributed by atoms with Crippen LogP contribution in [0.2, 0.25) is 5.02 Å². The molecule has 2 rings (SSSR count). The zero-order chi connectivity index (χ0) is 8.72. The molecule has 1 aromatic carbocycles. The minimum atomic E-state index is -0.290. The summed E-state index contributed by atoms with van der Waals surface area (Å²) >= 11 is 5.62. The molecule has 0 fully saturated rings. The van der Waals surface area contributed by atoms with Crippen LogP contribution in [0.5, 0.6) is 0 Å². The van der Waals surface area contributed by atoms with Crippen LogP contribution in [0.3, 0.4) is 0 Å². The predicted molar refractivity (Wildman–Crippen MR) is 46.8 cm³/mol. The van der Waals surface area contributed by atoms with Gasteiger partial charge < -0.3 is 5.73 Å². The van der Waals surface area contributed by atoms with Gasteiger partial charge in [0.1, 0.15) is 5.82 Å². The highest BCUT2D eigenvalue weighted by atomic mass is 35.5. The third-order valence-electron chi connectivity index (χ3n) is 2.24. The summed E-state index contributed by atoms with van der Waals surface area (Å²) in [5.74, 6) is -0.290. The van der Waals surface area contributed by atoms with Crippen molar-refractivity contribution >= 4 is 11.6 Å². The van der Waals surface area contributed by atoms with Gasteiger partial charge in [0.25, 0.3) is 0 Å². The largest absolute Gasteiger partial charge is 0.327 e. The van der Waals surface area contributed by atoms with E-state index in [0.29, 0.717) is 12.0 Å². The number of rotatable bonds is 0. The first-order chi connectivity index (χ1) is 5.68. The maximum atomic E-state index is 13.3. The Balaban J connectivity index is 2.54. The van der Waals surface area contributed by atoms with Gasteiger partial charge in [0, 0.05) is 6.04 Å². The van der Waals surface area contributed by atoms with E-state index < -0.39 is 0 Å². The van der Waals surface area contributed by atoms with Gasteiger partial charge in [-0.05, 0) is 30.0 Å². The lowest BCUT2D eigenvalue weighted by atomic mass is 10.1. The van der Waals surface area contributed by atoms with Gasteiger partial charge in [-0.2, -0.15) is 0 Å². The molecular weight excluding hydrogens is 177 g/mol. The zero-order valence-electron chi connectivity index (χ0n) is 6.48. The lowest BCUT2D eigenvalue weighted by Gasteiger charge is -2.00. The van der Waals surface area contributed by atoms with Crippen molar-refractivity contribution in [1.29, 1.82) is 0 Å². The van der Waals surface area contributed by atoms with Crippen molar-refractivity contribution in [3.8, 4) is 0 Å². The number of halogens is 2. The molecule has 1 aliphatic rings. The van der Waals surface area contributed by atoms with E-state index in [1.54, 1.807) is 6.07 Å². The molecule has 12 heavy (non-hydrogen) atoms. The third kappa shape index (κ3) is 1.11. The molecule has 0 radical (unpaired) electrons. The van der Waals surface area contributed by atoms with Crippen LogP contribution < -0.4 is 5.73 Å². The van der Waals surface area contributed by atoms with E-state index in [2.05, 4.69) is 0 Å². The molecule has 0 bridgehead atoms. The van der Waals surface area contributed by atoms with E-state index in [9.17, 15) is 4.39 Å². The molecule has 1 unspecified atom stereocenters. The molecular formula is C9H9ClFN. The summed E-state index contributed by atoms with van der Waals surface area (Å²) in [7, 11) is 0. The SMILES string of the molecule is NC1Cc2ccc(Cl)c(F)c2C1. The normalized spacial score (nSPS) is 21.1. The Morgan fingerprint density at radius 2 is 2.17 bits per heavy atom. The van der Waals surface area contributed by atoms with Gasteiger partial charge >= 0.3 is 0 Å². The van der Waals surface area contributed by atoms with Gasteiger partial charge in [-0.15, -0.1) is 0 Å². The average molecular weight is 186 g/mol. The summed E-state index contributed by atoms with van der Waals surface area (Å²) in [5.41, 5.74) is 7.40. The Kier molecular flexibility index (Phi) is 1.81. The fourth-order valence-electron chi connectivity index (χ4n) is 1.66. The average Bonchev–Trinajstić information content (AvgIpc) is 2.39. The maximum absolute atomic E-state index is 13.3. The van der Waals surface area contributed by atoms with Crippen molar-refractivity contribution in [2.24, 2.45) is 5.73 Å². The number of benzene rings is 1. The van der Waals surface area contributed by atoms with Gasteiger partial charge in [0.05, 0.1) is 5.02 Å². The van der Waals surface area contributed by atoms with Gasteiger partial charge in [-0.1, -0.05) is 17.7 Å². The molecule has 2 N–H and O–H groups in total. The summed E-state index contributed by atoms with van der Waals surface area (Å²) < 4.78 is 13.3. The molecule has 1 atom stereocenters. The summed E-state index contributed by atoms with van der Waals surface area (Å²) in [6.45, 7) is 0. The van der Waals surface area contributed by atoms with Gasteiger partial charge in [-0.3, -0.25) is 0 Å². The quantitative estimate of drug-likeness (QED) is 0.657. The van der Waals surface area contributed by atoms with Crippen LogP contribution >= 0.6 is 11.6 Å². The number of fused-ring (bicyclic) bond motifs is 1. The number of hydrogen-bond acceptors (Lipinski definition) is 1. The Labute approximate surface area is 75.3 Å². The van der Waals surface area contributed by atoms with Crippen molar-refractivity contribution in [2.75, 3.05) is 0 Å². The fraction of sp³-hybridized carbons (Fsp3) is 0.333. The molecule has 0 amide bonds. The monoisotopic (exact) mass is 185 g/mol. The van der Waals surface area contributed by atoms with Crippen LogP contribution in [0.25, 0.3) is 0 Å². The zero-order valence-corrected chi connectivity index (χ0v) is 7.24. The molecule has 0 aliphatic heterocycles. The van der Waals surface area contributed by atoms with Crippen LogP contribution in [0, 0.1) is 5.82 Å². The molecule has 3 heteroatoms. The molecule has 0 saturated heterocycles. The predicted octanol–water partition coefficient (Wildman–Crippen LogP) is 1.91. The summed E-state index contributed by atoms with van der Waals surface area (Å²) in [5, 5.41) is 0.197. The van der Waals surface area contributed by atoms with Gasteiger partial charge in [0.2, 0.25) is 0 Å². The molecule has 0 heterocycles. The molecule has 1 nitrogen and oxygen atoms in total. The molecule has 0 spiro atoms. The maximum Gasteiger partial charge on any atom is 0.145 e. The highest BCUT2D eigenvalue weighted by Gasteiger charge is 2.22. The summed E-state index contributed by atoms with van der Waals surface area (Å²) in [6.07, 6.45) is 1.38. The second kappa shape index (κ2) is 2.71. The minimum Gasteiger partial charge on any atom is -0.327 e. The summed E-state index contributed by atoms with van der Waals surface area (Å²) in [6, 6.07) is 3.51. The van der Waals surface area contributed by atoms with Crippen molar-refractivity contribution < 1.29 is 4.39 Å². The standard InChI is InChI=1S/C9H9ClFN/c10-8-2-1-5-3-6(12)4-7(5)9(8)11/h1-2,6H,3-4,12H2. The van der Waals surface area contributed by atoms with Gasteiger partial charge in [-0.25, -0.2) is 4.39 Å². The highest BCUT2D eigenvalue weighted by Crippen LogP contribution is 2.28. The number of nitrogens with two attached hydrogens (primary N) is 1. The second-order valence-electron chi connectivity index (χ2n) is 3.17. The summed E-state index contributed by atoms with van der Waals surface area (Å²) in [4.78, 5) is 0. The number of hydrogen-bond donors (Lipinski definition) is 1. The van der Waals surface area contributed by atoms with Crippen molar-refractivity contribution in [1.82, 2.24) is 0 Å². The Bertz CT molecular complexity index is 325. The fourth-order valence-corrected chi connectivity index (χ4v) is 1.84. The van der Waals surface area contributed by atoms with Crippen LogP contribution in [-0.2, 0) is 12.8 Å². The topological polar surface area (TPSA) is 26.0 Å². The van der Waals surface area contributed by atoms with Crippen LogP contribution in [0.15, 0.2) is 12.1 Å². The van der Waals surface area contributed by atoms with E-state index in [4.69, 9.17) is 17.3 Å². The first-order valence-corrected chi connectivity index (χ1v) is 4.27. The highest BCUT2D eigenvalue weighted by molar-refractivity contribution is 6.30. The van der Waals surface area contributed by atoms with E-state index in [-0.39, 0.29) is 16.9 Å².